The van der Waals surface area contributed by atoms with E-state index in [-0.39, 0.29) is 11.4 Å². The smallest absolute Gasteiger partial charge is 0.143 e. The van der Waals surface area contributed by atoms with Gasteiger partial charge in [0.25, 0.3) is 0 Å². The van der Waals surface area contributed by atoms with Crippen LogP contribution in [0.25, 0.3) is 22.0 Å². The van der Waals surface area contributed by atoms with Gasteiger partial charge in [-0.1, -0.05) is 77.1 Å². The Labute approximate surface area is 224 Å². The highest BCUT2D eigenvalue weighted by Gasteiger charge is 2.24. The highest BCUT2D eigenvalue weighted by molar-refractivity contribution is 7.99. The Balaban J connectivity index is 1.76. The van der Waals surface area contributed by atoms with Crippen molar-refractivity contribution in [3.8, 4) is 23.3 Å². The predicted octanol–water partition coefficient (Wildman–Crippen LogP) is 7.54. The van der Waals surface area contributed by atoms with Crippen LogP contribution in [-0.4, -0.2) is 9.97 Å². The molecule has 0 fully saturated rings. The molecule has 0 saturated heterocycles. The van der Waals surface area contributed by atoms with Crippen LogP contribution < -0.4 is 5.73 Å². The van der Waals surface area contributed by atoms with E-state index in [1.165, 1.54) is 23.5 Å². The largest absolute Gasteiger partial charge is 0.383 e. The molecule has 0 radical (unpaired) electrons. The molecule has 0 aliphatic carbocycles. The van der Waals surface area contributed by atoms with Crippen LogP contribution >= 0.6 is 23.5 Å². The first-order valence-electron chi connectivity index (χ1n) is 11.5. The van der Waals surface area contributed by atoms with Gasteiger partial charge in [-0.05, 0) is 50.2 Å². The van der Waals surface area contributed by atoms with Gasteiger partial charge in [0.1, 0.15) is 33.6 Å². The molecule has 5 aromatic rings. The average Bonchev–Trinajstić information content (AvgIpc) is 2.90. The van der Waals surface area contributed by atoms with Crippen molar-refractivity contribution in [2.45, 2.75) is 33.7 Å². The summed E-state index contributed by atoms with van der Waals surface area (Å²) < 4.78 is 0. The Hall–Kier alpha value is -4.30. The van der Waals surface area contributed by atoms with Gasteiger partial charge in [0.05, 0.1) is 11.1 Å². The van der Waals surface area contributed by atoms with Crippen LogP contribution in [-0.2, 0) is 0 Å². The van der Waals surface area contributed by atoms with Gasteiger partial charge in [0.15, 0.2) is 0 Å². The van der Waals surface area contributed by atoms with Crippen LogP contribution in [0.5, 0.6) is 0 Å². The fraction of sp³-hybridized carbons (Fsp3) is 0.0667. The van der Waals surface area contributed by atoms with Gasteiger partial charge in [-0.2, -0.15) is 10.5 Å². The van der Waals surface area contributed by atoms with Crippen molar-refractivity contribution in [2.24, 2.45) is 0 Å². The van der Waals surface area contributed by atoms with Gasteiger partial charge in [-0.15, -0.1) is 0 Å². The summed E-state index contributed by atoms with van der Waals surface area (Å²) in [5, 5.41) is 22.5. The van der Waals surface area contributed by atoms with E-state index in [0.29, 0.717) is 26.7 Å². The molecule has 3 aromatic carbocycles. The summed E-state index contributed by atoms with van der Waals surface area (Å²) in [7, 11) is 0. The number of hydrogen-bond donors (Lipinski definition) is 1. The molecule has 5 nitrogen and oxygen atoms in total. The quantitative estimate of drug-likeness (QED) is 0.258. The number of benzene rings is 3. The Morgan fingerprint density at radius 1 is 0.703 bits per heavy atom. The first-order valence-corrected chi connectivity index (χ1v) is 13.1. The third-order valence-electron chi connectivity index (χ3n) is 5.84. The Morgan fingerprint density at radius 2 is 1.27 bits per heavy atom. The number of rotatable bonds is 5. The Bertz CT molecular complexity index is 1710. The van der Waals surface area contributed by atoms with Crippen LogP contribution in [0.2, 0.25) is 0 Å². The number of para-hydroxylation sites is 1. The second-order valence-electron chi connectivity index (χ2n) is 8.51. The molecule has 2 N–H and O–H groups in total. The molecule has 2 heterocycles. The zero-order chi connectivity index (χ0) is 25.9. The minimum atomic E-state index is 0.0885. The highest BCUT2D eigenvalue weighted by Crippen LogP contribution is 2.43. The number of pyridine rings is 2. The number of aryl methyl sites for hydroxylation is 2. The van der Waals surface area contributed by atoms with E-state index >= 15 is 0 Å². The summed E-state index contributed by atoms with van der Waals surface area (Å²) in [5.41, 5.74) is 11.1. The number of aromatic nitrogens is 2. The van der Waals surface area contributed by atoms with Gasteiger partial charge in [-0.25, -0.2) is 9.97 Å². The first-order chi connectivity index (χ1) is 18.0. The molecule has 0 amide bonds. The number of anilines is 1. The van der Waals surface area contributed by atoms with E-state index in [9.17, 15) is 10.5 Å². The Morgan fingerprint density at radius 3 is 1.86 bits per heavy atom. The lowest BCUT2D eigenvalue weighted by atomic mass is 9.97. The molecule has 0 unspecified atom stereocenters. The lowest BCUT2D eigenvalue weighted by Gasteiger charge is -2.16. The van der Waals surface area contributed by atoms with Crippen molar-refractivity contribution < 1.29 is 0 Å². The van der Waals surface area contributed by atoms with E-state index in [1.807, 2.05) is 92.7 Å². The number of hydrogen-bond acceptors (Lipinski definition) is 7. The van der Waals surface area contributed by atoms with Crippen molar-refractivity contribution in [2.75, 3.05) is 5.73 Å². The second-order valence-corrected chi connectivity index (χ2v) is 10.6. The van der Waals surface area contributed by atoms with Crippen molar-refractivity contribution >= 4 is 40.2 Å². The third kappa shape index (κ3) is 5.01. The fourth-order valence-corrected chi connectivity index (χ4v) is 5.73. The van der Waals surface area contributed by atoms with E-state index in [1.54, 1.807) is 0 Å². The van der Waals surface area contributed by atoms with Crippen LogP contribution in [0.4, 0.5) is 5.82 Å². The van der Waals surface area contributed by atoms with Crippen molar-refractivity contribution in [3.05, 3.63) is 101 Å². The monoisotopic (exact) mass is 515 g/mol. The van der Waals surface area contributed by atoms with E-state index in [2.05, 4.69) is 17.1 Å². The topological polar surface area (TPSA) is 99.4 Å². The maximum atomic E-state index is 10.3. The fourth-order valence-electron chi connectivity index (χ4n) is 3.93. The molecule has 2 aromatic heterocycles. The van der Waals surface area contributed by atoms with Crippen LogP contribution in [0, 0.1) is 36.5 Å². The maximum absolute atomic E-state index is 10.3. The summed E-state index contributed by atoms with van der Waals surface area (Å²) in [6.07, 6.45) is 0. The lowest BCUT2D eigenvalue weighted by Crippen LogP contribution is -2.04. The molecule has 0 aliphatic rings. The normalized spacial score (nSPS) is 10.7. The van der Waals surface area contributed by atoms with Crippen molar-refractivity contribution in [1.29, 1.82) is 10.5 Å². The Kier molecular flexibility index (Phi) is 6.83. The molecule has 0 saturated carbocycles. The number of nitrogens with two attached hydrogens (primary N) is 1. The summed E-state index contributed by atoms with van der Waals surface area (Å²) in [5.74, 6) is 0.0885. The summed E-state index contributed by atoms with van der Waals surface area (Å²) in [6, 6.07) is 30.4. The van der Waals surface area contributed by atoms with Crippen LogP contribution in [0.1, 0.15) is 22.3 Å². The number of nitrogen functional groups attached to an aromatic ring is 1. The van der Waals surface area contributed by atoms with Crippen LogP contribution in [0.15, 0.2) is 98.7 Å². The highest BCUT2D eigenvalue weighted by atomic mass is 32.2. The third-order valence-corrected chi connectivity index (χ3v) is 7.85. The molecule has 0 bridgehead atoms. The van der Waals surface area contributed by atoms with Crippen LogP contribution in [0.3, 0.4) is 0 Å². The molecule has 178 valence electrons. The SMILES string of the molecule is Cc1ccc(Sc2nc3ccccc3cc2-c2c(C#N)c(N)nc(Sc3ccc(C)cc3)c2C#N)cc1. The minimum Gasteiger partial charge on any atom is -0.383 e. The average molecular weight is 516 g/mol. The number of nitriles is 2. The first kappa shape index (κ1) is 24.4. The summed E-state index contributed by atoms with van der Waals surface area (Å²) >= 11 is 2.84. The summed E-state index contributed by atoms with van der Waals surface area (Å²) in [6.45, 7) is 4.06. The van der Waals surface area contributed by atoms with E-state index in [4.69, 9.17) is 10.7 Å². The van der Waals surface area contributed by atoms with Gasteiger partial charge < -0.3 is 5.73 Å². The summed E-state index contributed by atoms with van der Waals surface area (Å²) in [4.78, 5) is 11.4. The van der Waals surface area contributed by atoms with Crippen molar-refractivity contribution in [3.63, 3.8) is 0 Å². The predicted molar refractivity (Wildman–Crippen MR) is 149 cm³/mol. The standard InChI is InChI=1S/C30H21N5S2/c1-18-7-11-21(12-8-18)36-29-23(15-20-5-3-4-6-26(20)34-29)27-24(16-31)28(33)35-30(25(27)17-32)37-22-13-9-19(2)10-14-22/h3-15H,1-2H3,(H2,33,35). The minimum absolute atomic E-state index is 0.0885. The van der Waals surface area contributed by atoms with E-state index < -0.39 is 0 Å². The van der Waals surface area contributed by atoms with Gasteiger partial charge in [0, 0.05) is 26.3 Å². The number of fused-ring (bicyclic) bond motifs is 1. The molecule has 0 atom stereocenters. The van der Waals surface area contributed by atoms with Gasteiger partial charge >= 0.3 is 0 Å². The molecule has 0 spiro atoms. The zero-order valence-corrected chi connectivity index (χ0v) is 21.8. The van der Waals surface area contributed by atoms with Gasteiger partial charge in [0.2, 0.25) is 0 Å². The van der Waals surface area contributed by atoms with Gasteiger partial charge in [-0.3, -0.25) is 0 Å². The van der Waals surface area contributed by atoms with Crippen molar-refractivity contribution in [1.82, 2.24) is 9.97 Å². The number of nitrogens with zero attached hydrogens (tertiary/aromatic N) is 4. The second kappa shape index (κ2) is 10.4. The maximum Gasteiger partial charge on any atom is 0.143 e. The van der Waals surface area contributed by atoms with E-state index in [0.717, 1.165) is 31.8 Å². The molecule has 7 heteroatoms. The molecule has 0 aliphatic heterocycles. The molecule has 37 heavy (non-hydrogen) atoms. The molecular formula is C30H21N5S2. The zero-order valence-electron chi connectivity index (χ0n) is 20.2. The molecular weight excluding hydrogens is 494 g/mol. The lowest BCUT2D eigenvalue weighted by molar-refractivity contribution is 1.10. The molecule has 5 rings (SSSR count).